The Morgan fingerprint density at radius 3 is 2.61 bits per heavy atom. The van der Waals surface area contributed by atoms with Gasteiger partial charge in [-0.15, -0.1) is 0 Å². The van der Waals surface area contributed by atoms with Crippen molar-refractivity contribution >= 4 is 34.3 Å². The van der Waals surface area contributed by atoms with E-state index in [4.69, 9.17) is 31.8 Å². The predicted molar refractivity (Wildman–Crippen MR) is 164 cm³/mol. The minimum absolute atomic E-state index is 0.0223. The summed E-state index contributed by atoms with van der Waals surface area (Å²) >= 11 is 6.45. The number of hydrogen-bond donors (Lipinski definition) is 2. The van der Waals surface area contributed by atoms with Crippen LogP contribution < -0.4 is 20.5 Å². The number of benzene rings is 2. The second-order valence-corrected chi connectivity index (χ2v) is 13.0. The van der Waals surface area contributed by atoms with Crippen LogP contribution in [0.5, 0.6) is 11.5 Å². The van der Waals surface area contributed by atoms with E-state index in [0.717, 1.165) is 43.2 Å². The maximum absolute atomic E-state index is 13.7. The first-order valence-electron chi connectivity index (χ1n) is 15.1. The lowest BCUT2D eigenvalue weighted by atomic mass is 9.82. The van der Waals surface area contributed by atoms with E-state index in [2.05, 4.69) is 10.4 Å². The highest BCUT2D eigenvalue weighted by atomic mass is 35.5. The molecule has 3 N–H and O–H groups in total. The van der Waals surface area contributed by atoms with Crippen LogP contribution in [-0.4, -0.2) is 46.8 Å². The van der Waals surface area contributed by atoms with E-state index in [9.17, 15) is 22.8 Å². The van der Waals surface area contributed by atoms with Gasteiger partial charge in [0.2, 0.25) is 5.91 Å². The minimum Gasteiger partial charge on any atom is -0.494 e. The predicted octanol–water partition coefficient (Wildman–Crippen LogP) is 6.17. The molecule has 2 saturated carbocycles. The van der Waals surface area contributed by atoms with Crippen LogP contribution in [0.4, 0.5) is 13.2 Å². The highest BCUT2D eigenvalue weighted by molar-refractivity contribution is 6.33. The molecule has 0 saturated heterocycles. The Balaban J connectivity index is 1.25. The lowest BCUT2D eigenvalue weighted by Gasteiger charge is -2.23. The summed E-state index contributed by atoms with van der Waals surface area (Å²) in [4.78, 5) is 31.0. The summed E-state index contributed by atoms with van der Waals surface area (Å²) in [6.45, 7) is 1.73. The zero-order chi connectivity index (χ0) is 32.5. The van der Waals surface area contributed by atoms with Crippen molar-refractivity contribution in [1.82, 2.24) is 20.1 Å². The summed E-state index contributed by atoms with van der Waals surface area (Å²) in [7, 11) is 1.53. The van der Waals surface area contributed by atoms with Gasteiger partial charge < -0.3 is 20.5 Å². The molecular formula is C33H31ClF3N5O4. The fraction of sp³-hybridized carbons (Fsp3) is 0.394. The fourth-order valence-electron chi connectivity index (χ4n) is 6.11. The molecule has 2 amide bonds. The molecule has 3 aliphatic rings. The average Bonchev–Trinajstić information content (AvgIpc) is 3.96. The number of halogens is 4. The Morgan fingerprint density at radius 1 is 1.20 bits per heavy atom. The highest BCUT2D eigenvalue weighted by Gasteiger charge is 2.45. The van der Waals surface area contributed by atoms with Crippen LogP contribution in [0.25, 0.3) is 22.2 Å². The number of fused-ring (bicyclic) bond motifs is 2. The molecule has 2 atom stereocenters. The van der Waals surface area contributed by atoms with Crippen molar-refractivity contribution in [2.75, 3.05) is 20.3 Å². The number of aromatic nitrogens is 3. The van der Waals surface area contributed by atoms with Gasteiger partial charge in [-0.2, -0.15) is 18.3 Å². The number of nitrogens with two attached hydrogens (primary N) is 1. The van der Waals surface area contributed by atoms with E-state index in [1.165, 1.54) is 13.2 Å². The number of pyridine rings is 1. The van der Waals surface area contributed by atoms with Gasteiger partial charge in [0.1, 0.15) is 34.7 Å². The topological polar surface area (TPSA) is 121 Å². The second-order valence-electron chi connectivity index (χ2n) is 12.6. The van der Waals surface area contributed by atoms with Crippen LogP contribution in [0, 0.1) is 5.92 Å². The Bertz CT molecular complexity index is 1900. The number of carbonyl (C=O) groups excluding carboxylic acids is 2. The summed E-state index contributed by atoms with van der Waals surface area (Å²) in [6, 6.07) is 8.53. The SMILES string of the molecule is COc1cc(C(=O)NC[C@H](c2cc3c(c(-c4cc(C(F)(F)F)ccc4Cl)n2)OC[C@]3(C)C(N)=O)C2CC2)cc2cn(C3CC3)nc12. The second kappa shape index (κ2) is 10.9. The van der Waals surface area contributed by atoms with Crippen LogP contribution in [0.2, 0.25) is 5.02 Å². The van der Waals surface area contributed by atoms with Crippen molar-refractivity contribution in [3.63, 3.8) is 0 Å². The Hall–Kier alpha value is -4.32. The number of nitrogens with zero attached hydrogens (tertiary/aromatic N) is 3. The third-order valence-electron chi connectivity index (χ3n) is 9.23. The Labute approximate surface area is 267 Å². The molecule has 9 nitrogen and oxygen atoms in total. The van der Waals surface area contributed by atoms with Gasteiger partial charge in [0.25, 0.3) is 5.91 Å². The number of methoxy groups -OCH3 is 1. The quantitative estimate of drug-likeness (QED) is 0.223. The van der Waals surface area contributed by atoms with E-state index < -0.39 is 23.1 Å². The number of hydrogen-bond acceptors (Lipinski definition) is 6. The van der Waals surface area contributed by atoms with E-state index in [1.54, 1.807) is 25.1 Å². The van der Waals surface area contributed by atoms with E-state index in [0.29, 0.717) is 34.1 Å². The number of amides is 2. The van der Waals surface area contributed by atoms with Gasteiger partial charge in [0, 0.05) is 46.4 Å². The minimum atomic E-state index is -4.62. The zero-order valence-electron chi connectivity index (χ0n) is 25.1. The number of primary amides is 1. The van der Waals surface area contributed by atoms with Crippen molar-refractivity contribution in [2.24, 2.45) is 11.7 Å². The molecule has 13 heteroatoms. The monoisotopic (exact) mass is 653 g/mol. The number of nitrogens with one attached hydrogen (secondary N) is 1. The van der Waals surface area contributed by atoms with E-state index in [1.807, 2.05) is 10.9 Å². The lowest BCUT2D eigenvalue weighted by Crippen LogP contribution is -2.40. The summed E-state index contributed by atoms with van der Waals surface area (Å²) in [5.74, 6) is -0.454. The third-order valence-corrected chi connectivity index (χ3v) is 9.56. The van der Waals surface area contributed by atoms with Gasteiger partial charge in [-0.3, -0.25) is 14.3 Å². The number of rotatable bonds is 9. The maximum atomic E-state index is 13.7. The average molecular weight is 654 g/mol. The summed E-state index contributed by atoms with van der Waals surface area (Å²) < 4.78 is 54.5. The standard InChI is InChI=1S/C33H31ClF3N5O4/c1-32(31(38)44)15-46-29-23(32)12-25(40-28(29)21-11-19(33(35,36)37)5-8-24(21)34)22(16-3-4-16)13-39-30(43)17-9-18-14-42(20-6-7-20)41-27(18)26(10-17)45-2/h5,8-12,14,16,20,22H,3-4,6-7,13,15H2,1-2H3,(H2,38,44)(H,39,43)/t22-,32-/m0/s1. The third kappa shape index (κ3) is 5.32. The molecule has 46 heavy (non-hydrogen) atoms. The molecule has 7 rings (SSSR count). The van der Waals surface area contributed by atoms with Crippen molar-refractivity contribution < 1.29 is 32.2 Å². The molecule has 2 aliphatic carbocycles. The molecule has 2 fully saturated rings. The molecule has 1 aliphatic heterocycles. The van der Waals surface area contributed by atoms with E-state index >= 15 is 0 Å². The van der Waals surface area contributed by atoms with Crippen molar-refractivity contribution in [3.8, 4) is 22.8 Å². The van der Waals surface area contributed by atoms with Gasteiger partial charge in [-0.25, -0.2) is 4.98 Å². The molecule has 2 aromatic carbocycles. The Kier molecular flexibility index (Phi) is 7.18. The van der Waals surface area contributed by atoms with Crippen LogP contribution in [-0.2, 0) is 16.4 Å². The largest absolute Gasteiger partial charge is 0.494 e. The molecule has 240 valence electrons. The Morgan fingerprint density at radius 2 is 1.96 bits per heavy atom. The van der Waals surface area contributed by atoms with Gasteiger partial charge in [-0.1, -0.05) is 11.6 Å². The number of alkyl halides is 3. The molecule has 2 aromatic heterocycles. The lowest BCUT2D eigenvalue weighted by molar-refractivity contribution is -0.137. The number of ether oxygens (including phenoxy) is 2. The first-order chi connectivity index (χ1) is 21.9. The van der Waals surface area contributed by atoms with Crippen LogP contribution in [0.1, 0.15) is 71.7 Å². The molecular weight excluding hydrogens is 623 g/mol. The maximum Gasteiger partial charge on any atom is 0.416 e. The highest BCUT2D eigenvalue weighted by Crippen LogP contribution is 2.50. The van der Waals surface area contributed by atoms with Gasteiger partial charge in [0.15, 0.2) is 0 Å². The molecule has 0 unspecified atom stereocenters. The van der Waals surface area contributed by atoms with Crippen molar-refractivity contribution in [1.29, 1.82) is 0 Å². The summed E-state index contributed by atoms with van der Waals surface area (Å²) in [6.07, 6.45) is 1.19. The molecule has 0 bridgehead atoms. The molecule has 0 radical (unpaired) electrons. The first kappa shape index (κ1) is 30.3. The van der Waals surface area contributed by atoms with Crippen LogP contribution >= 0.6 is 11.6 Å². The normalized spacial score (nSPS) is 19.9. The van der Waals surface area contributed by atoms with Crippen LogP contribution in [0.3, 0.4) is 0 Å². The molecule has 0 spiro atoms. The summed E-state index contributed by atoms with van der Waals surface area (Å²) in [5, 5.41) is 8.51. The van der Waals surface area contributed by atoms with Gasteiger partial charge in [0.05, 0.1) is 23.7 Å². The van der Waals surface area contributed by atoms with Gasteiger partial charge >= 0.3 is 6.18 Å². The zero-order valence-corrected chi connectivity index (χ0v) is 25.8. The fourth-order valence-corrected chi connectivity index (χ4v) is 6.32. The molecule has 4 aromatic rings. The van der Waals surface area contributed by atoms with Crippen molar-refractivity contribution in [3.05, 3.63) is 70.0 Å². The smallest absolute Gasteiger partial charge is 0.416 e. The number of carbonyl (C=O) groups is 2. The van der Waals surface area contributed by atoms with Crippen LogP contribution in [0.15, 0.2) is 42.6 Å². The van der Waals surface area contributed by atoms with Crippen molar-refractivity contribution in [2.45, 2.75) is 56.2 Å². The summed E-state index contributed by atoms with van der Waals surface area (Å²) in [5.41, 5.74) is 5.79. The van der Waals surface area contributed by atoms with Gasteiger partial charge in [-0.05, 0) is 74.9 Å². The van der Waals surface area contributed by atoms with E-state index in [-0.39, 0.29) is 52.9 Å². The molecule has 3 heterocycles. The first-order valence-corrected chi connectivity index (χ1v) is 15.5.